The Hall–Kier alpha value is -3.68. The molecule has 0 radical (unpaired) electrons. The summed E-state index contributed by atoms with van der Waals surface area (Å²) in [7, 11) is 0. The van der Waals surface area contributed by atoms with Crippen LogP contribution in [0.3, 0.4) is 0 Å². The van der Waals surface area contributed by atoms with Crippen LogP contribution >= 0.6 is 0 Å². The lowest BCUT2D eigenvalue weighted by molar-refractivity contribution is -0.123. The summed E-state index contributed by atoms with van der Waals surface area (Å²) in [4.78, 5) is 35.6. The van der Waals surface area contributed by atoms with Crippen LogP contribution in [0.15, 0.2) is 52.9 Å². The predicted octanol–water partition coefficient (Wildman–Crippen LogP) is 3.06. The van der Waals surface area contributed by atoms with Gasteiger partial charge < -0.3 is 14.5 Å². The van der Waals surface area contributed by atoms with E-state index < -0.39 is 30.3 Å². The number of hydrogen-bond acceptors (Lipinski definition) is 5. The van der Waals surface area contributed by atoms with E-state index in [0.717, 1.165) is 5.56 Å². The Labute approximate surface area is 159 Å². The lowest BCUT2D eigenvalue weighted by atomic mass is 10.1. The number of halogens is 1. The van der Waals surface area contributed by atoms with Crippen molar-refractivity contribution in [1.29, 1.82) is 0 Å². The van der Waals surface area contributed by atoms with Crippen molar-refractivity contribution in [3.8, 4) is 0 Å². The summed E-state index contributed by atoms with van der Waals surface area (Å²) >= 11 is 0. The molecule has 0 aliphatic rings. The number of nitrogens with one attached hydrogen (secondary N) is 2. The van der Waals surface area contributed by atoms with Gasteiger partial charge in [0.1, 0.15) is 0 Å². The van der Waals surface area contributed by atoms with Gasteiger partial charge >= 0.3 is 12.0 Å². The van der Waals surface area contributed by atoms with Gasteiger partial charge in [0.25, 0.3) is 5.91 Å². The Morgan fingerprint density at radius 2 is 1.82 bits per heavy atom. The smallest absolute Gasteiger partial charge is 0.375 e. The zero-order valence-corrected chi connectivity index (χ0v) is 15.0. The van der Waals surface area contributed by atoms with Gasteiger partial charge in [-0.05, 0) is 18.6 Å². The Morgan fingerprint density at radius 1 is 1.07 bits per heavy atom. The van der Waals surface area contributed by atoms with Gasteiger partial charge in [-0.25, -0.2) is 14.0 Å². The van der Waals surface area contributed by atoms with Gasteiger partial charge in [-0.1, -0.05) is 42.5 Å². The Kier molecular flexibility index (Phi) is 5.69. The minimum Gasteiger partial charge on any atom is -0.450 e. The van der Waals surface area contributed by atoms with Crippen LogP contribution in [0.4, 0.5) is 9.18 Å². The number of carbonyl (C=O) groups excluding carboxylic acids is 3. The largest absolute Gasteiger partial charge is 0.450 e. The molecule has 2 N–H and O–H groups in total. The highest BCUT2D eigenvalue weighted by atomic mass is 19.1. The lowest BCUT2D eigenvalue weighted by Gasteiger charge is -2.07. The number of rotatable bonds is 5. The molecule has 7 nitrogen and oxygen atoms in total. The third kappa shape index (κ3) is 4.35. The molecule has 3 aromatic rings. The van der Waals surface area contributed by atoms with Crippen LogP contribution in [-0.4, -0.2) is 24.5 Å². The van der Waals surface area contributed by atoms with Crippen LogP contribution < -0.4 is 10.6 Å². The molecule has 0 aliphatic carbocycles. The van der Waals surface area contributed by atoms with Gasteiger partial charge in [-0.3, -0.25) is 10.1 Å². The van der Waals surface area contributed by atoms with Crippen molar-refractivity contribution in [3.63, 3.8) is 0 Å². The topological polar surface area (TPSA) is 97.6 Å². The van der Waals surface area contributed by atoms with Crippen LogP contribution in [0.2, 0.25) is 0 Å². The van der Waals surface area contributed by atoms with E-state index in [2.05, 4.69) is 10.6 Å². The summed E-state index contributed by atoms with van der Waals surface area (Å²) in [5.41, 5.74) is 1.21. The quantitative estimate of drug-likeness (QED) is 0.659. The minimum atomic E-state index is -0.923. The number of amides is 3. The van der Waals surface area contributed by atoms with Crippen molar-refractivity contribution in [2.24, 2.45) is 0 Å². The number of hydrogen-bond donors (Lipinski definition) is 2. The van der Waals surface area contributed by atoms with E-state index in [1.54, 1.807) is 13.0 Å². The van der Waals surface area contributed by atoms with E-state index in [-0.39, 0.29) is 17.9 Å². The molecule has 0 bridgehead atoms. The average molecular weight is 384 g/mol. The number of ether oxygens (including phenoxy) is 1. The zero-order valence-electron chi connectivity index (χ0n) is 15.0. The van der Waals surface area contributed by atoms with E-state index in [9.17, 15) is 18.8 Å². The number of urea groups is 1. The second-order valence-electron chi connectivity index (χ2n) is 5.97. The van der Waals surface area contributed by atoms with Crippen LogP contribution in [0.25, 0.3) is 11.0 Å². The monoisotopic (exact) mass is 384 g/mol. The fraction of sp³-hybridized carbons (Fsp3) is 0.150. The highest BCUT2D eigenvalue weighted by Gasteiger charge is 2.21. The van der Waals surface area contributed by atoms with E-state index >= 15 is 0 Å². The van der Waals surface area contributed by atoms with E-state index in [1.165, 1.54) is 12.1 Å². The number of para-hydroxylation sites is 1. The highest BCUT2D eigenvalue weighted by molar-refractivity contribution is 5.98. The van der Waals surface area contributed by atoms with Crippen molar-refractivity contribution in [2.45, 2.75) is 13.5 Å². The average Bonchev–Trinajstić information content (AvgIpc) is 3.03. The number of imide groups is 1. The number of esters is 1. The van der Waals surface area contributed by atoms with Gasteiger partial charge in [0, 0.05) is 17.5 Å². The molecule has 3 rings (SSSR count). The lowest BCUT2D eigenvalue weighted by Crippen LogP contribution is -2.41. The number of benzene rings is 2. The van der Waals surface area contributed by atoms with Gasteiger partial charge in [0.15, 0.2) is 18.0 Å². The van der Waals surface area contributed by atoms with Crippen LogP contribution in [-0.2, 0) is 16.1 Å². The summed E-state index contributed by atoms with van der Waals surface area (Å²) in [6, 6.07) is 12.7. The maximum absolute atomic E-state index is 13.7. The normalized spacial score (nSPS) is 10.5. The molecular weight excluding hydrogens is 367 g/mol. The zero-order chi connectivity index (χ0) is 20.1. The first kappa shape index (κ1) is 19.1. The van der Waals surface area contributed by atoms with Crippen LogP contribution in [0.5, 0.6) is 0 Å². The summed E-state index contributed by atoms with van der Waals surface area (Å²) in [5.74, 6) is -2.53. The minimum absolute atomic E-state index is 0.0586. The van der Waals surface area contributed by atoms with Gasteiger partial charge in [-0.2, -0.15) is 0 Å². The summed E-state index contributed by atoms with van der Waals surface area (Å²) in [6.45, 7) is 1.14. The second kappa shape index (κ2) is 8.34. The molecule has 2 aromatic carbocycles. The highest BCUT2D eigenvalue weighted by Crippen LogP contribution is 2.27. The first-order valence-corrected chi connectivity index (χ1v) is 8.42. The number of fused-ring (bicyclic) bond motifs is 1. The first-order chi connectivity index (χ1) is 13.5. The molecule has 0 saturated heterocycles. The van der Waals surface area contributed by atoms with Crippen molar-refractivity contribution in [1.82, 2.24) is 10.6 Å². The van der Waals surface area contributed by atoms with Gasteiger partial charge in [0.2, 0.25) is 5.76 Å². The Bertz CT molecular complexity index is 1030. The third-order valence-corrected chi connectivity index (χ3v) is 3.98. The molecule has 144 valence electrons. The molecule has 1 heterocycles. The van der Waals surface area contributed by atoms with Gasteiger partial charge in [0.05, 0.1) is 0 Å². The van der Waals surface area contributed by atoms with Crippen LogP contribution in [0, 0.1) is 12.7 Å². The van der Waals surface area contributed by atoms with E-state index in [1.807, 2.05) is 30.3 Å². The fourth-order valence-electron chi connectivity index (χ4n) is 2.59. The molecule has 0 saturated carbocycles. The first-order valence-electron chi connectivity index (χ1n) is 8.42. The van der Waals surface area contributed by atoms with E-state index in [0.29, 0.717) is 10.9 Å². The van der Waals surface area contributed by atoms with Crippen molar-refractivity contribution >= 4 is 28.9 Å². The molecule has 0 aliphatic heterocycles. The number of furan rings is 1. The Morgan fingerprint density at radius 3 is 2.54 bits per heavy atom. The molecule has 0 fully saturated rings. The SMILES string of the molecule is Cc1c(C(=O)OCC(=O)NC(=O)NCc2ccccc2)oc2c(F)cccc12. The maximum atomic E-state index is 13.7. The molecule has 0 atom stereocenters. The Balaban J connectivity index is 1.51. The van der Waals surface area contributed by atoms with Gasteiger partial charge in [-0.15, -0.1) is 0 Å². The summed E-state index contributed by atoms with van der Waals surface area (Å²) in [5, 5.41) is 5.00. The summed E-state index contributed by atoms with van der Waals surface area (Å²) < 4.78 is 23.8. The number of aryl methyl sites for hydroxylation is 1. The van der Waals surface area contributed by atoms with Crippen molar-refractivity contribution in [3.05, 3.63) is 71.2 Å². The van der Waals surface area contributed by atoms with Crippen LogP contribution in [0.1, 0.15) is 21.7 Å². The number of carbonyl (C=O) groups is 3. The van der Waals surface area contributed by atoms with E-state index in [4.69, 9.17) is 9.15 Å². The molecule has 1 aromatic heterocycles. The predicted molar refractivity (Wildman–Crippen MR) is 98.0 cm³/mol. The molecule has 28 heavy (non-hydrogen) atoms. The summed E-state index contributed by atoms with van der Waals surface area (Å²) in [6.07, 6.45) is 0. The maximum Gasteiger partial charge on any atom is 0.375 e. The van der Waals surface area contributed by atoms with Crippen molar-refractivity contribution in [2.75, 3.05) is 6.61 Å². The second-order valence-corrected chi connectivity index (χ2v) is 5.97. The molecular formula is C20H17FN2O5. The van der Waals surface area contributed by atoms with Crippen molar-refractivity contribution < 1.29 is 27.9 Å². The third-order valence-electron chi connectivity index (χ3n) is 3.98. The molecule has 0 spiro atoms. The molecule has 0 unspecified atom stereocenters. The standard InChI is InChI=1S/C20H17FN2O5/c1-12-14-8-5-9-15(21)18(14)28-17(12)19(25)27-11-16(24)23-20(26)22-10-13-6-3-2-4-7-13/h2-9H,10-11H2,1H3,(H2,22,23,24,26). The molecule has 8 heteroatoms. The molecule has 3 amide bonds. The fourth-order valence-corrected chi connectivity index (χ4v) is 2.59.